The lowest BCUT2D eigenvalue weighted by atomic mass is 9.99. The van der Waals surface area contributed by atoms with Crippen LogP contribution in [0.1, 0.15) is 38.7 Å². The fraction of sp³-hybridized carbons (Fsp3) is 0.636. The zero-order chi connectivity index (χ0) is 20.9. The third-order valence-corrected chi connectivity index (χ3v) is 5.19. The van der Waals surface area contributed by atoms with Crippen molar-refractivity contribution in [3.8, 4) is 5.75 Å². The number of nitrogens with one attached hydrogen (secondary N) is 3. The zero-order valence-corrected chi connectivity index (χ0v) is 20.9. The van der Waals surface area contributed by atoms with Gasteiger partial charge in [0.05, 0.1) is 7.11 Å². The van der Waals surface area contributed by atoms with Crippen LogP contribution in [0, 0.1) is 5.92 Å². The Morgan fingerprint density at radius 3 is 2.50 bits per heavy atom. The van der Waals surface area contributed by atoms with Gasteiger partial charge in [-0.3, -0.25) is 4.79 Å². The van der Waals surface area contributed by atoms with Crippen molar-refractivity contribution in [1.29, 1.82) is 0 Å². The topological polar surface area (TPSA) is 78.0 Å². The van der Waals surface area contributed by atoms with E-state index in [-0.39, 0.29) is 36.4 Å². The van der Waals surface area contributed by atoms with E-state index in [0.29, 0.717) is 12.5 Å². The first kappa shape index (κ1) is 26.5. The molecule has 1 aromatic rings. The van der Waals surface area contributed by atoms with Crippen molar-refractivity contribution in [3.63, 3.8) is 0 Å². The summed E-state index contributed by atoms with van der Waals surface area (Å²) in [7, 11) is 1.64. The number of rotatable bonds is 10. The molecule has 1 amide bonds. The maximum atomic E-state index is 12.1. The second-order valence-electron chi connectivity index (χ2n) is 7.62. The number of carbonyl (C=O) groups excluding carboxylic acids is 1. The van der Waals surface area contributed by atoms with E-state index in [2.05, 4.69) is 32.8 Å². The summed E-state index contributed by atoms with van der Waals surface area (Å²) in [4.78, 5) is 19.0. The Morgan fingerprint density at radius 1 is 1.17 bits per heavy atom. The molecule has 0 atom stereocenters. The van der Waals surface area contributed by atoms with Crippen molar-refractivity contribution in [2.45, 2.75) is 39.7 Å². The highest BCUT2D eigenvalue weighted by Crippen LogP contribution is 2.15. The largest absolute Gasteiger partial charge is 0.497 e. The lowest BCUT2D eigenvalue weighted by molar-refractivity contribution is -0.119. The highest BCUT2D eigenvalue weighted by atomic mass is 127. The summed E-state index contributed by atoms with van der Waals surface area (Å²) >= 11 is 0. The zero-order valence-electron chi connectivity index (χ0n) is 18.6. The maximum Gasteiger partial charge on any atom is 0.242 e. The van der Waals surface area contributed by atoms with Gasteiger partial charge in [0.1, 0.15) is 12.3 Å². The molecule has 1 aliphatic heterocycles. The molecule has 1 fully saturated rings. The number of likely N-dealkylation sites (tertiary alicyclic amines) is 1. The molecule has 0 saturated carbocycles. The van der Waals surface area contributed by atoms with E-state index in [1.54, 1.807) is 7.11 Å². The first-order valence-electron chi connectivity index (χ1n) is 10.7. The predicted octanol–water partition coefficient (Wildman–Crippen LogP) is 2.61. The number of hydrogen-bond acceptors (Lipinski definition) is 4. The van der Waals surface area contributed by atoms with Gasteiger partial charge >= 0.3 is 0 Å². The molecule has 0 bridgehead atoms. The summed E-state index contributed by atoms with van der Waals surface area (Å²) in [6, 6.07) is 7.66. The van der Waals surface area contributed by atoms with Crippen molar-refractivity contribution < 1.29 is 9.53 Å². The lowest BCUT2D eigenvalue weighted by Gasteiger charge is -2.30. The van der Waals surface area contributed by atoms with Crippen LogP contribution in [0.25, 0.3) is 0 Å². The van der Waals surface area contributed by atoms with Crippen LogP contribution < -0.4 is 20.7 Å². The molecule has 1 heterocycles. The summed E-state index contributed by atoms with van der Waals surface area (Å²) in [5, 5.41) is 9.43. The van der Waals surface area contributed by atoms with Crippen molar-refractivity contribution in [2.24, 2.45) is 10.9 Å². The number of halogens is 1. The summed E-state index contributed by atoms with van der Waals surface area (Å²) in [5.74, 6) is 2.27. The average Bonchev–Trinajstić information content (AvgIpc) is 2.75. The molecular formula is C22H38IN5O2. The highest BCUT2D eigenvalue weighted by Gasteiger charge is 2.14. The minimum Gasteiger partial charge on any atom is -0.497 e. The molecule has 2 rings (SSSR count). The molecule has 0 aromatic heterocycles. The van der Waals surface area contributed by atoms with Crippen LogP contribution in [0.15, 0.2) is 29.3 Å². The van der Waals surface area contributed by atoms with Crippen LogP contribution >= 0.6 is 24.0 Å². The number of hydrogen-bond donors (Lipinski definition) is 3. The first-order valence-corrected chi connectivity index (χ1v) is 10.7. The van der Waals surface area contributed by atoms with E-state index in [4.69, 9.17) is 4.74 Å². The van der Waals surface area contributed by atoms with Gasteiger partial charge in [-0.15, -0.1) is 24.0 Å². The minimum atomic E-state index is -0.0968. The second-order valence-corrected chi connectivity index (χ2v) is 7.62. The van der Waals surface area contributed by atoms with Crippen molar-refractivity contribution in [2.75, 3.05) is 46.4 Å². The third-order valence-electron chi connectivity index (χ3n) is 5.19. The summed E-state index contributed by atoms with van der Waals surface area (Å²) < 4.78 is 5.14. The van der Waals surface area contributed by atoms with Crippen molar-refractivity contribution in [1.82, 2.24) is 20.9 Å². The number of ether oxygens (including phenoxy) is 1. The standard InChI is InChI=1S/C22H37N5O2.HI/c1-4-23-22(24-12-5-13-27-14-10-18(2)11-15-27)26-17-21(28)25-16-19-6-8-20(29-3)9-7-19;/h6-9,18H,4-5,10-17H2,1-3H3,(H,25,28)(H2,23,24,26);1H. The SMILES string of the molecule is CCNC(=NCC(=O)NCc1ccc(OC)cc1)NCCCN1CCC(C)CC1.I. The van der Waals surface area contributed by atoms with E-state index < -0.39 is 0 Å². The van der Waals surface area contributed by atoms with Gasteiger partial charge in [0.25, 0.3) is 0 Å². The monoisotopic (exact) mass is 531 g/mol. The number of carbonyl (C=O) groups is 1. The van der Waals surface area contributed by atoms with Crippen LogP contribution in [-0.4, -0.2) is 63.1 Å². The van der Waals surface area contributed by atoms with Gasteiger partial charge < -0.3 is 25.6 Å². The number of guanidine groups is 1. The quantitative estimate of drug-likeness (QED) is 0.187. The summed E-state index contributed by atoms with van der Waals surface area (Å²) in [6.45, 7) is 10.1. The molecular weight excluding hydrogens is 493 g/mol. The fourth-order valence-corrected chi connectivity index (χ4v) is 3.29. The molecule has 170 valence electrons. The fourth-order valence-electron chi connectivity index (χ4n) is 3.29. The number of nitrogens with zero attached hydrogens (tertiary/aromatic N) is 2. The van der Waals surface area contributed by atoms with E-state index in [9.17, 15) is 4.79 Å². The van der Waals surface area contributed by atoms with Crippen LogP contribution in [0.4, 0.5) is 0 Å². The number of aliphatic imine (C=N–C) groups is 1. The van der Waals surface area contributed by atoms with Crippen LogP contribution in [0.3, 0.4) is 0 Å². The molecule has 7 nitrogen and oxygen atoms in total. The molecule has 8 heteroatoms. The van der Waals surface area contributed by atoms with Gasteiger partial charge in [-0.25, -0.2) is 4.99 Å². The first-order chi connectivity index (χ1) is 14.1. The molecule has 0 aliphatic carbocycles. The van der Waals surface area contributed by atoms with Crippen LogP contribution in [-0.2, 0) is 11.3 Å². The number of benzene rings is 1. The predicted molar refractivity (Wildman–Crippen MR) is 134 cm³/mol. The van der Waals surface area contributed by atoms with Crippen molar-refractivity contribution in [3.05, 3.63) is 29.8 Å². The molecule has 0 unspecified atom stereocenters. The van der Waals surface area contributed by atoms with E-state index in [0.717, 1.165) is 43.3 Å². The van der Waals surface area contributed by atoms with Gasteiger partial charge in [-0.05, 0) is 69.4 Å². The van der Waals surface area contributed by atoms with Crippen molar-refractivity contribution >= 4 is 35.8 Å². The summed E-state index contributed by atoms with van der Waals surface area (Å²) in [5.41, 5.74) is 1.03. The van der Waals surface area contributed by atoms with Gasteiger partial charge in [-0.2, -0.15) is 0 Å². The maximum absolute atomic E-state index is 12.1. The molecule has 1 saturated heterocycles. The molecule has 1 aliphatic rings. The van der Waals surface area contributed by atoms with Gasteiger partial charge in [0.2, 0.25) is 5.91 Å². The van der Waals surface area contributed by atoms with Gasteiger partial charge in [0.15, 0.2) is 5.96 Å². The Hall–Kier alpha value is -1.55. The van der Waals surface area contributed by atoms with E-state index in [1.165, 1.54) is 25.9 Å². The average molecular weight is 531 g/mol. The van der Waals surface area contributed by atoms with Crippen LogP contribution in [0.2, 0.25) is 0 Å². The second kappa shape index (κ2) is 15.3. The Kier molecular flexibility index (Phi) is 13.5. The third kappa shape index (κ3) is 10.5. The Bertz CT molecular complexity index is 631. The summed E-state index contributed by atoms with van der Waals surface area (Å²) in [6.07, 6.45) is 3.69. The smallest absolute Gasteiger partial charge is 0.242 e. The van der Waals surface area contributed by atoms with E-state index >= 15 is 0 Å². The normalized spacial score (nSPS) is 15.2. The Morgan fingerprint density at radius 2 is 1.87 bits per heavy atom. The Labute approximate surface area is 198 Å². The molecule has 1 aromatic carbocycles. The number of piperidine rings is 1. The number of amides is 1. The van der Waals surface area contributed by atoms with Gasteiger partial charge in [0, 0.05) is 19.6 Å². The van der Waals surface area contributed by atoms with Gasteiger partial charge in [-0.1, -0.05) is 19.1 Å². The van der Waals surface area contributed by atoms with E-state index in [1.807, 2.05) is 31.2 Å². The highest BCUT2D eigenvalue weighted by molar-refractivity contribution is 14.0. The molecule has 30 heavy (non-hydrogen) atoms. The molecule has 0 spiro atoms. The lowest BCUT2D eigenvalue weighted by Crippen LogP contribution is -2.40. The van der Waals surface area contributed by atoms with Crippen LogP contribution in [0.5, 0.6) is 5.75 Å². The Balaban J connectivity index is 0.00000450. The molecule has 3 N–H and O–H groups in total. The minimum absolute atomic E-state index is 0. The molecule has 0 radical (unpaired) electrons. The number of methoxy groups -OCH3 is 1.